The van der Waals surface area contributed by atoms with E-state index in [0.717, 1.165) is 77.0 Å². The number of esters is 2. The second-order valence-electron chi connectivity index (χ2n) is 14.7. The number of hydrogen-bond acceptors (Lipinski definition) is 8. The summed E-state index contributed by atoms with van der Waals surface area (Å²) in [5, 5.41) is 0. The summed E-state index contributed by atoms with van der Waals surface area (Å²) in [5.74, 6) is -0.888. The molecule has 9 nitrogen and oxygen atoms in total. The number of unbranched alkanes of at least 4 members (excludes halogenated alkanes) is 14. The molecule has 2 atom stereocenters. The topological polar surface area (TPSA) is 111 Å². The first-order valence-electron chi connectivity index (χ1n) is 20.7. The van der Waals surface area contributed by atoms with Crippen LogP contribution in [0.2, 0.25) is 0 Å². The van der Waals surface area contributed by atoms with Gasteiger partial charge in [0.15, 0.2) is 6.10 Å². The van der Waals surface area contributed by atoms with E-state index in [1.807, 2.05) is 51.5 Å². The molecule has 0 amide bonds. The van der Waals surface area contributed by atoms with Crippen molar-refractivity contribution in [3.05, 3.63) is 72.9 Å². The van der Waals surface area contributed by atoms with Crippen molar-refractivity contribution in [2.24, 2.45) is 0 Å². The van der Waals surface area contributed by atoms with Crippen LogP contribution in [-0.2, 0) is 32.7 Å². The van der Waals surface area contributed by atoms with Gasteiger partial charge in [0, 0.05) is 12.8 Å². The Morgan fingerprint density at radius 3 is 1.59 bits per heavy atom. The molecule has 310 valence electrons. The van der Waals surface area contributed by atoms with Crippen LogP contribution < -0.4 is 4.89 Å². The molecular formula is C44H76NO8P. The molecule has 0 aromatic heterocycles. The predicted octanol–water partition coefficient (Wildman–Crippen LogP) is 10.8. The van der Waals surface area contributed by atoms with Gasteiger partial charge in [-0.1, -0.05) is 145 Å². The van der Waals surface area contributed by atoms with Crippen molar-refractivity contribution < 1.29 is 42.1 Å². The minimum absolute atomic E-state index is 0.0425. The molecule has 0 aliphatic rings. The Labute approximate surface area is 329 Å². The molecule has 0 saturated carbocycles. The number of ether oxygens (including phenoxy) is 2. The summed E-state index contributed by atoms with van der Waals surface area (Å²) < 4.78 is 33.8. The fourth-order valence-electron chi connectivity index (χ4n) is 5.07. The lowest BCUT2D eigenvalue weighted by Gasteiger charge is -2.28. The summed E-state index contributed by atoms with van der Waals surface area (Å²) in [7, 11) is 1.12. The summed E-state index contributed by atoms with van der Waals surface area (Å²) in [4.78, 5) is 37.4. The number of phosphoric ester groups is 1. The zero-order valence-electron chi connectivity index (χ0n) is 34.6. The average molecular weight is 778 g/mol. The van der Waals surface area contributed by atoms with E-state index in [1.165, 1.54) is 25.7 Å². The number of likely N-dealkylation sites (N-methyl/N-ethyl adjacent to an activating group) is 1. The van der Waals surface area contributed by atoms with Crippen molar-refractivity contribution in [1.82, 2.24) is 0 Å². The molecule has 1 unspecified atom stereocenters. The van der Waals surface area contributed by atoms with Gasteiger partial charge >= 0.3 is 11.9 Å². The maximum atomic E-state index is 12.6. The zero-order valence-corrected chi connectivity index (χ0v) is 35.5. The molecule has 0 N–H and O–H groups in total. The first kappa shape index (κ1) is 51.5. The SMILES string of the molecule is CC/C=C/C=C/C=C/C=C/CCCCCCCC(=O)O[C@H](COC(=O)CCCCCCC/C=C/C=C/CCCCCC)COP(=O)([O-])OCC[N+](C)(C)C. The van der Waals surface area contributed by atoms with Crippen LogP contribution in [0.25, 0.3) is 0 Å². The van der Waals surface area contributed by atoms with Gasteiger partial charge in [0.1, 0.15) is 19.8 Å². The second-order valence-corrected chi connectivity index (χ2v) is 16.1. The Kier molecular flexibility index (Phi) is 34.4. The van der Waals surface area contributed by atoms with Crippen LogP contribution in [0.1, 0.15) is 142 Å². The summed E-state index contributed by atoms with van der Waals surface area (Å²) in [6.45, 7) is 3.99. The Hall–Kier alpha value is -2.55. The number of carbonyl (C=O) groups is 2. The van der Waals surface area contributed by atoms with Crippen LogP contribution >= 0.6 is 7.82 Å². The molecule has 0 rings (SSSR count). The number of hydrogen-bond donors (Lipinski definition) is 0. The molecule has 54 heavy (non-hydrogen) atoms. The average Bonchev–Trinajstić information content (AvgIpc) is 3.12. The van der Waals surface area contributed by atoms with Gasteiger partial charge in [0.25, 0.3) is 7.82 Å². The zero-order chi connectivity index (χ0) is 40.0. The molecule has 0 aromatic carbocycles. The number of rotatable bonds is 36. The third kappa shape index (κ3) is 39.2. The molecule has 0 fully saturated rings. The fourth-order valence-corrected chi connectivity index (χ4v) is 5.79. The Bertz CT molecular complexity index is 1150. The van der Waals surface area contributed by atoms with Gasteiger partial charge in [-0.25, -0.2) is 0 Å². The number of phosphoric acid groups is 1. The lowest BCUT2D eigenvalue weighted by Crippen LogP contribution is -2.37. The normalized spacial score (nSPS) is 14.4. The molecule has 10 heteroatoms. The minimum Gasteiger partial charge on any atom is -0.756 e. The van der Waals surface area contributed by atoms with Gasteiger partial charge in [-0.3, -0.25) is 14.2 Å². The fraction of sp³-hybridized carbons (Fsp3) is 0.682. The van der Waals surface area contributed by atoms with E-state index in [2.05, 4.69) is 56.4 Å². The highest BCUT2D eigenvalue weighted by Gasteiger charge is 2.21. The molecule has 0 radical (unpaired) electrons. The van der Waals surface area contributed by atoms with Crippen LogP contribution in [-0.4, -0.2) is 70.0 Å². The summed E-state index contributed by atoms with van der Waals surface area (Å²) in [5.41, 5.74) is 0. The third-order valence-electron chi connectivity index (χ3n) is 8.33. The van der Waals surface area contributed by atoms with Crippen molar-refractivity contribution in [2.75, 3.05) is 47.5 Å². The van der Waals surface area contributed by atoms with E-state index < -0.39 is 32.5 Å². The molecule has 0 aliphatic heterocycles. The predicted molar refractivity (Wildman–Crippen MR) is 222 cm³/mol. The lowest BCUT2D eigenvalue weighted by atomic mass is 10.1. The van der Waals surface area contributed by atoms with Crippen molar-refractivity contribution in [3.8, 4) is 0 Å². The summed E-state index contributed by atoms with van der Waals surface area (Å²) in [6.07, 6.45) is 43.5. The van der Waals surface area contributed by atoms with E-state index >= 15 is 0 Å². The molecule has 0 aliphatic carbocycles. The van der Waals surface area contributed by atoms with Crippen LogP contribution in [0.4, 0.5) is 0 Å². The largest absolute Gasteiger partial charge is 0.756 e. The van der Waals surface area contributed by atoms with Gasteiger partial charge in [-0.05, 0) is 57.8 Å². The Morgan fingerprint density at radius 2 is 1.06 bits per heavy atom. The number of carbonyl (C=O) groups excluding carboxylic acids is 2. The second kappa shape index (κ2) is 36.1. The molecule has 0 heterocycles. The van der Waals surface area contributed by atoms with Crippen molar-refractivity contribution in [2.45, 2.75) is 148 Å². The lowest BCUT2D eigenvalue weighted by molar-refractivity contribution is -0.870. The van der Waals surface area contributed by atoms with E-state index in [4.69, 9.17) is 18.5 Å². The molecule has 0 bridgehead atoms. The summed E-state index contributed by atoms with van der Waals surface area (Å²) in [6, 6.07) is 0. The highest BCUT2D eigenvalue weighted by Crippen LogP contribution is 2.38. The highest BCUT2D eigenvalue weighted by molar-refractivity contribution is 7.45. The van der Waals surface area contributed by atoms with Crippen molar-refractivity contribution in [1.29, 1.82) is 0 Å². The number of allylic oxidation sites excluding steroid dienone is 12. The van der Waals surface area contributed by atoms with Gasteiger partial charge in [0.2, 0.25) is 0 Å². The standard InChI is InChI=1S/C44H76NO8P/c1-6-8-10-12-14-16-18-20-22-24-26-28-30-32-34-36-43(46)50-40-42(41-52-54(48,49)51-39-38-45(3,4)5)53-44(47)37-35-33-31-29-27-25-23-21-19-17-15-13-11-9-7-2/h9,11,13,15-23,42H,6-8,10,12,14,24-41H2,1-5H3/b11-9+,15-13+,18-16+,19-17+,22-20+,23-21+/t42-/m1/s1. The van der Waals surface area contributed by atoms with Crippen LogP contribution in [0.15, 0.2) is 72.9 Å². The Morgan fingerprint density at radius 1 is 0.593 bits per heavy atom. The van der Waals surface area contributed by atoms with E-state index in [9.17, 15) is 19.0 Å². The maximum absolute atomic E-state index is 12.6. The molecular weight excluding hydrogens is 701 g/mol. The first-order chi connectivity index (χ1) is 26.0. The molecule has 0 saturated heterocycles. The first-order valence-corrected chi connectivity index (χ1v) is 22.2. The summed E-state index contributed by atoms with van der Waals surface area (Å²) >= 11 is 0. The monoisotopic (exact) mass is 778 g/mol. The number of nitrogens with zero attached hydrogens (tertiary/aromatic N) is 1. The van der Waals surface area contributed by atoms with Crippen molar-refractivity contribution in [3.63, 3.8) is 0 Å². The maximum Gasteiger partial charge on any atom is 0.306 e. The van der Waals surface area contributed by atoms with Crippen LogP contribution in [0.3, 0.4) is 0 Å². The van der Waals surface area contributed by atoms with Gasteiger partial charge in [0.05, 0.1) is 27.7 Å². The van der Waals surface area contributed by atoms with Gasteiger partial charge in [-0.2, -0.15) is 0 Å². The van der Waals surface area contributed by atoms with E-state index in [1.54, 1.807) is 0 Å². The van der Waals surface area contributed by atoms with Gasteiger partial charge in [-0.15, -0.1) is 0 Å². The molecule has 0 aromatic rings. The molecule has 0 spiro atoms. The van der Waals surface area contributed by atoms with Crippen LogP contribution in [0.5, 0.6) is 0 Å². The minimum atomic E-state index is -4.64. The van der Waals surface area contributed by atoms with Crippen molar-refractivity contribution >= 4 is 19.8 Å². The van der Waals surface area contributed by atoms with E-state index in [-0.39, 0.29) is 26.1 Å². The highest BCUT2D eigenvalue weighted by atomic mass is 31.2. The van der Waals surface area contributed by atoms with E-state index in [0.29, 0.717) is 23.9 Å². The smallest absolute Gasteiger partial charge is 0.306 e. The number of quaternary nitrogens is 1. The Balaban J connectivity index is 4.49. The van der Waals surface area contributed by atoms with Gasteiger partial charge < -0.3 is 27.9 Å². The van der Waals surface area contributed by atoms with Crippen LogP contribution in [0, 0.1) is 0 Å². The quantitative estimate of drug-likeness (QED) is 0.0203. The third-order valence-corrected chi connectivity index (χ3v) is 9.30.